The van der Waals surface area contributed by atoms with E-state index >= 15 is 0 Å². The fraction of sp³-hybridized carbons (Fsp3) is 0.556. The second-order valence-electron chi connectivity index (χ2n) is 2.99. The molecule has 0 unspecified atom stereocenters. The molecule has 1 heterocycles. The predicted molar refractivity (Wildman–Crippen MR) is 56.3 cm³/mol. The topological polar surface area (TPSA) is 20.2 Å². The van der Waals surface area contributed by atoms with Gasteiger partial charge in [0, 0.05) is 21.7 Å². The third-order valence-corrected chi connectivity index (χ3v) is 4.70. The van der Waals surface area contributed by atoms with Crippen LogP contribution in [0.4, 0.5) is 0 Å². The molecule has 66 valence electrons. The van der Waals surface area contributed by atoms with E-state index in [2.05, 4.69) is 18.2 Å². The Labute approximate surface area is 81.3 Å². The van der Waals surface area contributed by atoms with Gasteiger partial charge in [-0.25, -0.2) is 0 Å². The largest absolute Gasteiger partial charge is 0.392 e. The van der Waals surface area contributed by atoms with Crippen LogP contribution in [0, 0.1) is 5.92 Å². The minimum absolute atomic E-state index is 0.167. The molecule has 2 aliphatic rings. The van der Waals surface area contributed by atoms with E-state index in [1.54, 1.807) is 0 Å². The van der Waals surface area contributed by atoms with Gasteiger partial charge in [-0.1, -0.05) is 18.2 Å². The van der Waals surface area contributed by atoms with Gasteiger partial charge in [-0.05, 0) is 6.42 Å². The number of rotatable bonds is 1. The molecule has 0 aromatic carbocycles. The fourth-order valence-electron chi connectivity index (χ4n) is 1.41. The first-order valence-electron chi connectivity index (χ1n) is 4.18. The van der Waals surface area contributed by atoms with Crippen LogP contribution in [-0.4, -0.2) is 22.7 Å². The normalized spacial score (nSPS) is 34.6. The first kappa shape index (κ1) is 8.73. The van der Waals surface area contributed by atoms with Crippen LogP contribution in [0.15, 0.2) is 22.5 Å². The molecule has 12 heavy (non-hydrogen) atoms. The lowest BCUT2D eigenvalue weighted by atomic mass is 10.1. The molecule has 2 atom stereocenters. The van der Waals surface area contributed by atoms with Gasteiger partial charge in [0.1, 0.15) is 0 Å². The van der Waals surface area contributed by atoms with E-state index in [4.69, 9.17) is 0 Å². The summed E-state index contributed by atoms with van der Waals surface area (Å²) in [6, 6.07) is 0. The molecule has 0 radical (unpaired) electrons. The summed E-state index contributed by atoms with van der Waals surface area (Å²) in [6.07, 6.45) is 7.04. The molecule has 0 spiro atoms. The Balaban J connectivity index is 2.00. The molecule has 0 aromatic rings. The first-order valence-corrected chi connectivity index (χ1v) is 6.15. The minimum atomic E-state index is -0.167. The Hall–Kier alpha value is 0.140. The van der Waals surface area contributed by atoms with Gasteiger partial charge in [0.25, 0.3) is 0 Å². The quantitative estimate of drug-likeness (QED) is 0.656. The summed E-state index contributed by atoms with van der Waals surface area (Å²) in [5, 5.41) is 9.52. The van der Waals surface area contributed by atoms with Crippen molar-refractivity contribution in [3.05, 3.63) is 22.5 Å². The molecule has 1 fully saturated rings. The molecular weight excluding hydrogens is 188 g/mol. The first-order chi connectivity index (χ1) is 5.86. The Morgan fingerprint density at radius 2 is 2.17 bits per heavy atom. The molecule has 0 bridgehead atoms. The summed E-state index contributed by atoms with van der Waals surface area (Å²) in [7, 11) is 0. The maximum Gasteiger partial charge on any atom is 0.0672 e. The number of hydrogen-bond donors (Lipinski definition) is 1. The molecule has 0 amide bonds. The Bertz CT molecular complexity index is 215. The van der Waals surface area contributed by atoms with Crippen LogP contribution in [0.2, 0.25) is 0 Å². The highest BCUT2D eigenvalue weighted by Crippen LogP contribution is 2.38. The van der Waals surface area contributed by atoms with E-state index in [9.17, 15) is 5.11 Å². The second-order valence-corrected chi connectivity index (χ2v) is 5.52. The lowest BCUT2D eigenvalue weighted by Crippen LogP contribution is -2.10. The van der Waals surface area contributed by atoms with Crippen LogP contribution in [0.5, 0.6) is 0 Å². The number of aliphatic hydroxyl groups excluding tert-OH is 1. The van der Waals surface area contributed by atoms with Gasteiger partial charge in [-0.15, -0.1) is 23.5 Å². The van der Waals surface area contributed by atoms with Crippen LogP contribution >= 0.6 is 23.5 Å². The van der Waals surface area contributed by atoms with Crippen molar-refractivity contribution in [2.75, 3.05) is 11.5 Å². The number of thioether (sulfide) groups is 2. The van der Waals surface area contributed by atoms with Gasteiger partial charge in [-0.3, -0.25) is 0 Å². The molecule has 1 aliphatic heterocycles. The highest BCUT2D eigenvalue weighted by Gasteiger charge is 2.19. The van der Waals surface area contributed by atoms with Gasteiger partial charge in [-0.2, -0.15) is 0 Å². The lowest BCUT2D eigenvalue weighted by molar-refractivity contribution is 0.162. The van der Waals surface area contributed by atoms with E-state index < -0.39 is 0 Å². The van der Waals surface area contributed by atoms with Crippen LogP contribution in [-0.2, 0) is 0 Å². The van der Waals surface area contributed by atoms with Crippen molar-refractivity contribution in [1.82, 2.24) is 0 Å². The van der Waals surface area contributed by atoms with Crippen molar-refractivity contribution in [3.8, 4) is 0 Å². The van der Waals surface area contributed by atoms with Crippen LogP contribution in [0.1, 0.15) is 6.42 Å². The highest BCUT2D eigenvalue weighted by molar-refractivity contribution is 8.25. The maximum absolute atomic E-state index is 9.52. The smallest absolute Gasteiger partial charge is 0.0672 e. The molecule has 1 aliphatic carbocycles. The minimum Gasteiger partial charge on any atom is -0.392 e. The van der Waals surface area contributed by atoms with E-state index in [0.717, 1.165) is 6.42 Å². The third kappa shape index (κ3) is 1.90. The summed E-state index contributed by atoms with van der Waals surface area (Å²) in [5.41, 5.74) is 0. The number of aliphatic hydroxyl groups is 1. The average molecular weight is 200 g/mol. The van der Waals surface area contributed by atoms with E-state index in [0.29, 0.717) is 0 Å². The molecular formula is C9H12OS2. The van der Waals surface area contributed by atoms with Gasteiger partial charge in [0.2, 0.25) is 0 Å². The van der Waals surface area contributed by atoms with Crippen molar-refractivity contribution in [1.29, 1.82) is 0 Å². The van der Waals surface area contributed by atoms with Gasteiger partial charge >= 0.3 is 0 Å². The second kappa shape index (κ2) is 3.90. The zero-order valence-corrected chi connectivity index (χ0v) is 8.40. The van der Waals surface area contributed by atoms with Crippen LogP contribution < -0.4 is 0 Å². The van der Waals surface area contributed by atoms with Gasteiger partial charge in [0.05, 0.1) is 6.10 Å². The SMILES string of the molecule is O[C@H]1CC=C[C@H]1C=C1SCCS1. The van der Waals surface area contributed by atoms with Crippen molar-refractivity contribution in [2.24, 2.45) is 5.92 Å². The molecule has 3 heteroatoms. The molecule has 0 saturated carbocycles. The van der Waals surface area contributed by atoms with E-state index in [1.807, 2.05) is 23.5 Å². The lowest BCUT2D eigenvalue weighted by Gasteiger charge is -2.08. The number of hydrogen-bond acceptors (Lipinski definition) is 3. The van der Waals surface area contributed by atoms with Gasteiger partial charge in [0.15, 0.2) is 0 Å². The van der Waals surface area contributed by atoms with E-state index in [1.165, 1.54) is 15.7 Å². The van der Waals surface area contributed by atoms with Crippen LogP contribution in [0.3, 0.4) is 0 Å². The van der Waals surface area contributed by atoms with E-state index in [-0.39, 0.29) is 12.0 Å². The third-order valence-electron chi connectivity index (χ3n) is 2.08. The predicted octanol–water partition coefficient (Wildman–Crippen LogP) is 2.24. The summed E-state index contributed by atoms with van der Waals surface area (Å²) in [6.45, 7) is 0. The fourth-order valence-corrected chi connectivity index (χ4v) is 3.82. The Morgan fingerprint density at radius 1 is 1.42 bits per heavy atom. The van der Waals surface area contributed by atoms with Crippen molar-refractivity contribution in [3.63, 3.8) is 0 Å². The summed E-state index contributed by atoms with van der Waals surface area (Å²) < 4.78 is 1.39. The van der Waals surface area contributed by atoms with Crippen LogP contribution in [0.25, 0.3) is 0 Å². The highest BCUT2D eigenvalue weighted by atomic mass is 32.2. The van der Waals surface area contributed by atoms with Crippen molar-refractivity contribution < 1.29 is 5.11 Å². The zero-order valence-electron chi connectivity index (χ0n) is 6.77. The monoisotopic (exact) mass is 200 g/mol. The van der Waals surface area contributed by atoms with Crippen molar-refractivity contribution >= 4 is 23.5 Å². The Kier molecular flexibility index (Phi) is 2.84. The average Bonchev–Trinajstić information content (AvgIpc) is 2.65. The molecule has 1 N–H and O–H groups in total. The van der Waals surface area contributed by atoms with Crippen molar-refractivity contribution in [2.45, 2.75) is 12.5 Å². The molecule has 1 saturated heterocycles. The Morgan fingerprint density at radius 3 is 2.75 bits per heavy atom. The molecule has 1 nitrogen and oxygen atoms in total. The van der Waals surface area contributed by atoms with Gasteiger partial charge < -0.3 is 5.11 Å². The summed E-state index contributed by atoms with van der Waals surface area (Å²) in [5.74, 6) is 2.73. The maximum atomic E-state index is 9.52. The summed E-state index contributed by atoms with van der Waals surface area (Å²) in [4.78, 5) is 0. The molecule has 2 rings (SSSR count). The summed E-state index contributed by atoms with van der Waals surface area (Å²) >= 11 is 3.82. The zero-order chi connectivity index (χ0) is 8.39. The molecule has 0 aromatic heterocycles. The standard InChI is InChI=1S/C9H12OS2/c10-8-3-1-2-7(8)6-9-11-4-5-12-9/h1-2,6-8,10H,3-5H2/t7-,8-/m0/s1.